The molecule has 0 amide bonds. The number of nitrogens with zero attached hydrogens (tertiary/aromatic N) is 1. The Morgan fingerprint density at radius 2 is 2.06 bits per heavy atom. The largest absolute Gasteiger partial charge is 0.397 e. The van der Waals surface area contributed by atoms with Crippen molar-refractivity contribution in [2.75, 3.05) is 5.73 Å². The Morgan fingerprint density at radius 1 is 1.31 bits per heavy atom. The van der Waals surface area contributed by atoms with Crippen molar-refractivity contribution in [3.63, 3.8) is 0 Å². The summed E-state index contributed by atoms with van der Waals surface area (Å²) in [6, 6.07) is 6.18. The molecule has 4 heteroatoms. The Kier molecular flexibility index (Phi) is 2.79. The summed E-state index contributed by atoms with van der Waals surface area (Å²) in [4.78, 5) is 4.07. The highest BCUT2D eigenvalue weighted by molar-refractivity contribution is 6.33. The summed E-state index contributed by atoms with van der Waals surface area (Å²) in [5.74, 6) is -0.399. The van der Waals surface area contributed by atoms with Gasteiger partial charge in [-0.1, -0.05) is 11.6 Å². The molecule has 0 unspecified atom stereocenters. The van der Waals surface area contributed by atoms with E-state index in [1.54, 1.807) is 12.3 Å². The van der Waals surface area contributed by atoms with E-state index in [0.29, 0.717) is 11.3 Å². The van der Waals surface area contributed by atoms with Crippen molar-refractivity contribution >= 4 is 17.3 Å². The van der Waals surface area contributed by atoms with Crippen molar-refractivity contribution in [2.24, 2.45) is 0 Å². The number of anilines is 1. The first-order chi connectivity index (χ1) is 7.58. The van der Waals surface area contributed by atoms with Crippen molar-refractivity contribution < 1.29 is 4.39 Å². The molecule has 16 heavy (non-hydrogen) atoms. The summed E-state index contributed by atoms with van der Waals surface area (Å²) in [6.45, 7) is 1.86. The van der Waals surface area contributed by atoms with Crippen LogP contribution in [0, 0.1) is 12.7 Å². The molecule has 0 radical (unpaired) electrons. The Bertz CT molecular complexity index is 541. The molecule has 0 aliphatic rings. The molecule has 1 heterocycles. The van der Waals surface area contributed by atoms with E-state index in [-0.39, 0.29) is 5.02 Å². The van der Waals surface area contributed by atoms with Crippen molar-refractivity contribution in [2.45, 2.75) is 6.92 Å². The summed E-state index contributed by atoms with van der Waals surface area (Å²) in [7, 11) is 0. The quantitative estimate of drug-likeness (QED) is 0.771. The summed E-state index contributed by atoms with van der Waals surface area (Å²) < 4.78 is 13.2. The molecule has 1 aromatic heterocycles. The fraction of sp³-hybridized carbons (Fsp3) is 0.0833. The number of hydrogen-bond donors (Lipinski definition) is 1. The van der Waals surface area contributed by atoms with Gasteiger partial charge in [0.25, 0.3) is 0 Å². The Hall–Kier alpha value is -1.61. The summed E-state index contributed by atoms with van der Waals surface area (Å²) in [5, 5.41) is 0.226. The highest BCUT2D eigenvalue weighted by Gasteiger charge is 2.09. The first-order valence-corrected chi connectivity index (χ1v) is 5.13. The van der Waals surface area contributed by atoms with Crippen LogP contribution in [-0.2, 0) is 0 Å². The Morgan fingerprint density at radius 3 is 2.75 bits per heavy atom. The van der Waals surface area contributed by atoms with Crippen molar-refractivity contribution in [3.8, 4) is 11.1 Å². The van der Waals surface area contributed by atoms with Gasteiger partial charge in [0.1, 0.15) is 5.82 Å². The second-order valence-electron chi connectivity index (χ2n) is 3.53. The molecule has 2 aromatic rings. The van der Waals surface area contributed by atoms with Crippen molar-refractivity contribution in [1.82, 2.24) is 4.98 Å². The zero-order valence-corrected chi connectivity index (χ0v) is 9.42. The highest BCUT2D eigenvalue weighted by Crippen LogP contribution is 2.32. The fourth-order valence-corrected chi connectivity index (χ4v) is 1.74. The number of halogens is 2. The van der Waals surface area contributed by atoms with E-state index in [2.05, 4.69) is 4.98 Å². The minimum atomic E-state index is -0.399. The normalized spacial score (nSPS) is 10.4. The van der Waals surface area contributed by atoms with Crippen LogP contribution in [0.2, 0.25) is 5.02 Å². The third-order valence-electron chi connectivity index (χ3n) is 2.30. The molecule has 82 valence electrons. The molecule has 1 aromatic carbocycles. The van der Waals surface area contributed by atoms with E-state index in [0.717, 1.165) is 11.3 Å². The minimum absolute atomic E-state index is 0.226. The van der Waals surface area contributed by atoms with Gasteiger partial charge in [-0.3, -0.25) is 4.98 Å². The van der Waals surface area contributed by atoms with Crippen LogP contribution < -0.4 is 5.73 Å². The molecule has 0 saturated heterocycles. The molecule has 0 spiro atoms. The van der Waals surface area contributed by atoms with E-state index < -0.39 is 5.82 Å². The predicted molar refractivity (Wildman–Crippen MR) is 63.8 cm³/mol. The summed E-state index contributed by atoms with van der Waals surface area (Å²) >= 11 is 5.83. The SMILES string of the molecule is Cc1cc(-c2cc(F)cc(Cl)c2N)ccn1. The van der Waals surface area contributed by atoms with Gasteiger partial charge in [-0.2, -0.15) is 0 Å². The zero-order valence-electron chi connectivity index (χ0n) is 8.67. The smallest absolute Gasteiger partial charge is 0.125 e. The fourth-order valence-electron chi connectivity index (χ4n) is 1.54. The average Bonchev–Trinajstić information content (AvgIpc) is 2.23. The lowest BCUT2D eigenvalue weighted by atomic mass is 10.0. The molecule has 0 bridgehead atoms. The Balaban J connectivity index is 2.64. The van der Waals surface area contributed by atoms with Crippen LogP contribution in [0.4, 0.5) is 10.1 Å². The molecule has 2 N–H and O–H groups in total. The number of nitrogens with two attached hydrogens (primary N) is 1. The van der Waals surface area contributed by atoms with Crippen molar-refractivity contribution in [3.05, 3.63) is 47.0 Å². The van der Waals surface area contributed by atoms with Crippen LogP contribution in [-0.4, -0.2) is 4.98 Å². The van der Waals surface area contributed by atoms with Gasteiger partial charge in [-0.15, -0.1) is 0 Å². The molecule has 0 fully saturated rings. The molecule has 0 aliphatic heterocycles. The molecule has 0 saturated carbocycles. The second-order valence-corrected chi connectivity index (χ2v) is 3.94. The van der Waals surface area contributed by atoms with Gasteiger partial charge in [0, 0.05) is 17.5 Å². The third kappa shape index (κ3) is 1.99. The number of pyridine rings is 1. The van der Waals surface area contributed by atoms with Gasteiger partial charge in [0.15, 0.2) is 0 Å². The maximum Gasteiger partial charge on any atom is 0.125 e. The molecule has 2 nitrogen and oxygen atoms in total. The van der Waals surface area contributed by atoms with Gasteiger partial charge in [-0.25, -0.2) is 4.39 Å². The third-order valence-corrected chi connectivity index (χ3v) is 2.61. The predicted octanol–water partition coefficient (Wildman–Crippen LogP) is 3.43. The second kappa shape index (κ2) is 4.10. The van der Waals surface area contributed by atoms with Gasteiger partial charge >= 0.3 is 0 Å². The Labute approximate surface area is 97.9 Å². The molecule has 2 rings (SSSR count). The molecular weight excluding hydrogens is 227 g/mol. The zero-order chi connectivity index (χ0) is 11.7. The highest BCUT2D eigenvalue weighted by atomic mass is 35.5. The number of benzene rings is 1. The van der Waals surface area contributed by atoms with Gasteiger partial charge in [-0.05, 0) is 36.8 Å². The number of rotatable bonds is 1. The van der Waals surface area contributed by atoms with Crippen molar-refractivity contribution in [1.29, 1.82) is 0 Å². The standard InChI is InChI=1S/C12H10ClFN2/c1-7-4-8(2-3-16-7)10-5-9(14)6-11(13)12(10)15/h2-6H,15H2,1H3. The topological polar surface area (TPSA) is 38.9 Å². The van der Waals surface area contributed by atoms with E-state index in [9.17, 15) is 4.39 Å². The number of aromatic nitrogens is 1. The van der Waals surface area contributed by atoms with Crippen LogP contribution in [0.25, 0.3) is 11.1 Å². The lowest BCUT2D eigenvalue weighted by Crippen LogP contribution is -1.93. The van der Waals surface area contributed by atoms with Gasteiger partial charge in [0.05, 0.1) is 10.7 Å². The van der Waals surface area contributed by atoms with E-state index in [1.165, 1.54) is 12.1 Å². The average molecular weight is 237 g/mol. The number of nitrogen functional groups attached to an aromatic ring is 1. The minimum Gasteiger partial charge on any atom is -0.397 e. The van der Waals surface area contributed by atoms with Gasteiger partial charge < -0.3 is 5.73 Å². The van der Waals surface area contributed by atoms with E-state index in [4.69, 9.17) is 17.3 Å². The maximum atomic E-state index is 13.2. The number of hydrogen-bond acceptors (Lipinski definition) is 2. The number of aryl methyl sites for hydroxylation is 1. The summed E-state index contributed by atoms with van der Waals surface area (Å²) in [5.41, 5.74) is 8.45. The van der Waals surface area contributed by atoms with Crippen LogP contribution >= 0.6 is 11.6 Å². The van der Waals surface area contributed by atoms with Crippen LogP contribution in [0.1, 0.15) is 5.69 Å². The van der Waals surface area contributed by atoms with Crippen LogP contribution in [0.15, 0.2) is 30.5 Å². The lowest BCUT2D eigenvalue weighted by molar-refractivity contribution is 0.628. The van der Waals surface area contributed by atoms with E-state index >= 15 is 0 Å². The van der Waals surface area contributed by atoms with E-state index in [1.807, 2.05) is 13.0 Å². The van der Waals surface area contributed by atoms with Crippen LogP contribution in [0.5, 0.6) is 0 Å². The lowest BCUT2D eigenvalue weighted by Gasteiger charge is -2.08. The molecular formula is C12H10ClFN2. The monoisotopic (exact) mass is 236 g/mol. The first-order valence-electron chi connectivity index (χ1n) is 4.75. The first kappa shape index (κ1) is 10.9. The molecule has 0 aliphatic carbocycles. The summed E-state index contributed by atoms with van der Waals surface area (Å²) in [6.07, 6.45) is 1.66. The van der Waals surface area contributed by atoms with Gasteiger partial charge in [0.2, 0.25) is 0 Å². The molecule has 0 atom stereocenters. The maximum absolute atomic E-state index is 13.2. The van der Waals surface area contributed by atoms with Crippen LogP contribution in [0.3, 0.4) is 0 Å².